The van der Waals surface area contributed by atoms with Gasteiger partial charge < -0.3 is 10.4 Å². The molecule has 2 heterocycles. The van der Waals surface area contributed by atoms with Gasteiger partial charge in [-0.05, 0) is 27.6 Å². The van der Waals surface area contributed by atoms with Gasteiger partial charge in [-0.25, -0.2) is 0 Å². The van der Waals surface area contributed by atoms with Crippen molar-refractivity contribution >= 4 is 11.4 Å². The smallest absolute Gasteiger partial charge is 0.287 e. The predicted molar refractivity (Wildman–Crippen MR) is 92.5 cm³/mol. The fraction of sp³-hybridized carbons (Fsp3) is 0.375. The average Bonchev–Trinajstić information content (AvgIpc) is 2.64. The third kappa shape index (κ3) is 4.02. The van der Waals surface area contributed by atoms with E-state index in [0.717, 1.165) is 0 Å². The fourth-order valence-electron chi connectivity index (χ4n) is 1.98. The van der Waals surface area contributed by atoms with Crippen LogP contribution in [0.1, 0.15) is 47.3 Å². The maximum Gasteiger partial charge on any atom is 0.287 e. The molecule has 0 bridgehead atoms. The number of aryl methyl sites for hydroxylation is 1. The standard InChI is InChI=1S/2C8H10N2O3/c2*1-5-4-9(11)7(3)6(2)8(5)10(12)13/h2*4H,1-3H3/i1D3,2D3,3D3,4D;. The van der Waals surface area contributed by atoms with Gasteiger partial charge in [0.15, 0.2) is 23.8 Å². The first-order chi connectivity index (χ1) is 16.0. The fourth-order valence-corrected chi connectivity index (χ4v) is 1.98. The van der Waals surface area contributed by atoms with Gasteiger partial charge in [-0.1, -0.05) is 0 Å². The van der Waals surface area contributed by atoms with Gasteiger partial charge in [0.1, 0.15) is 1.37 Å². The average molecular weight is 374 g/mol. The van der Waals surface area contributed by atoms with Gasteiger partial charge >= 0.3 is 0 Å². The van der Waals surface area contributed by atoms with Gasteiger partial charge in [-0.15, -0.1) is 0 Å². The van der Waals surface area contributed by atoms with E-state index >= 15 is 0 Å². The Morgan fingerprint density at radius 3 is 1.92 bits per heavy atom. The normalized spacial score (nSPS) is 17.2. The number of pyridine rings is 2. The maximum absolute atomic E-state index is 12.0. The lowest BCUT2D eigenvalue weighted by Crippen LogP contribution is -2.31. The molecule has 10 heteroatoms. The molecule has 2 aromatic heterocycles. The lowest BCUT2D eigenvalue weighted by Gasteiger charge is -2.05. The minimum atomic E-state index is -3.45. The predicted octanol–water partition coefficient (Wildman–Crippen LogP) is 2.31. The van der Waals surface area contributed by atoms with Gasteiger partial charge in [0.05, 0.1) is 32.1 Å². The Morgan fingerprint density at radius 1 is 0.885 bits per heavy atom. The largest absolute Gasteiger partial charge is 0.618 e. The van der Waals surface area contributed by atoms with Crippen LogP contribution in [0.25, 0.3) is 0 Å². The minimum Gasteiger partial charge on any atom is -0.618 e. The molecule has 0 aliphatic rings. The highest BCUT2D eigenvalue weighted by Crippen LogP contribution is 2.23. The van der Waals surface area contributed by atoms with Crippen LogP contribution >= 0.6 is 0 Å². The van der Waals surface area contributed by atoms with Crippen molar-refractivity contribution in [3.05, 3.63) is 76.7 Å². The molecule has 2 aromatic rings. The third-order valence-electron chi connectivity index (χ3n) is 3.40. The van der Waals surface area contributed by atoms with E-state index < -0.39 is 63.8 Å². The molecule has 0 amide bonds. The first kappa shape index (κ1) is 10.00. The van der Waals surface area contributed by atoms with E-state index in [0.29, 0.717) is 21.6 Å². The summed E-state index contributed by atoms with van der Waals surface area (Å²) in [7, 11) is 0. The van der Waals surface area contributed by atoms with Crippen molar-refractivity contribution < 1.29 is 33.0 Å². The Labute approximate surface area is 163 Å². The van der Waals surface area contributed by atoms with E-state index in [1.165, 1.54) is 6.20 Å². The molecule has 0 unspecified atom stereocenters. The van der Waals surface area contributed by atoms with Crippen LogP contribution in [0.4, 0.5) is 11.4 Å². The molecule has 0 atom stereocenters. The van der Waals surface area contributed by atoms with Crippen LogP contribution in [0.3, 0.4) is 0 Å². The van der Waals surface area contributed by atoms with E-state index in [9.17, 15) is 30.6 Å². The second-order valence-corrected chi connectivity index (χ2v) is 5.06. The summed E-state index contributed by atoms with van der Waals surface area (Å²) in [6, 6.07) is 0. The molecule has 2 rings (SSSR count). The van der Waals surface area contributed by atoms with Crippen LogP contribution in [0.2, 0.25) is 0 Å². The molecule has 0 aliphatic carbocycles. The summed E-state index contributed by atoms with van der Waals surface area (Å²) in [4.78, 5) is 19.9. The van der Waals surface area contributed by atoms with Crippen LogP contribution in [0.15, 0.2) is 12.4 Å². The number of nitrogens with zero attached hydrogens (tertiary/aromatic N) is 4. The summed E-state index contributed by atoms with van der Waals surface area (Å²) in [5, 5.41) is 44.9. The molecule has 140 valence electrons. The first-order valence-electron chi connectivity index (χ1n) is 11.8. The van der Waals surface area contributed by atoms with E-state index in [2.05, 4.69) is 0 Å². The SMILES string of the molecule is Cc1c[n+]([O-])c(C)c(C)c1[N+](=O)[O-].[2H]c1c(C([2H])([2H])[2H])c([N+](=O)[O-])c(C([2H])([2H])[2H])c(C([2H])([2H])[2H])[n+]1[O-]. The number of nitro groups is 2. The summed E-state index contributed by atoms with van der Waals surface area (Å²) in [5.74, 6) is 0. The van der Waals surface area contributed by atoms with Crippen molar-refractivity contribution in [1.29, 1.82) is 0 Å². The van der Waals surface area contributed by atoms with Gasteiger partial charge in [-0.3, -0.25) is 20.2 Å². The molecular formula is C16H20N4O6. The highest BCUT2D eigenvalue weighted by molar-refractivity contribution is 5.45. The monoisotopic (exact) mass is 374 g/mol. The molecule has 0 radical (unpaired) electrons. The topological polar surface area (TPSA) is 140 Å². The number of hydrogen-bond donors (Lipinski definition) is 0. The first-order valence-corrected chi connectivity index (χ1v) is 6.76. The zero-order valence-electron chi connectivity index (χ0n) is 23.8. The minimum absolute atomic E-state index is 0.0320. The van der Waals surface area contributed by atoms with Crippen LogP contribution in [-0.2, 0) is 0 Å². The van der Waals surface area contributed by atoms with Crippen LogP contribution in [0, 0.1) is 72.0 Å². The van der Waals surface area contributed by atoms with E-state index in [-0.39, 0.29) is 5.69 Å². The Bertz CT molecular complexity index is 1220. The van der Waals surface area contributed by atoms with Crippen LogP contribution < -0.4 is 9.46 Å². The van der Waals surface area contributed by atoms with Gasteiger partial charge in [-0.2, -0.15) is 9.46 Å². The highest BCUT2D eigenvalue weighted by Gasteiger charge is 2.22. The van der Waals surface area contributed by atoms with Gasteiger partial charge in [0, 0.05) is 26.1 Å². The number of hydrogen-bond acceptors (Lipinski definition) is 6. The molecule has 0 aliphatic heterocycles. The lowest BCUT2D eigenvalue weighted by molar-refractivity contribution is -0.614. The quantitative estimate of drug-likeness (QED) is 0.342. The van der Waals surface area contributed by atoms with Gasteiger partial charge in [0.25, 0.3) is 11.4 Å². The summed E-state index contributed by atoms with van der Waals surface area (Å²) >= 11 is 0. The Hall–Kier alpha value is -3.30. The van der Waals surface area contributed by atoms with Crippen molar-refractivity contribution in [2.24, 2.45) is 0 Å². The Kier molecular flexibility index (Phi) is 2.97. The number of aromatic nitrogens is 2. The van der Waals surface area contributed by atoms with Gasteiger partial charge in [0.2, 0.25) is 0 Å². The second kappa shape index (κ2) is 7.72. The van der Waals surface area contributed by atoms with Crippen molar-refractivity contribution in [1.82, 2.24) is 0 Å². The second-order valence-electron chi connectivity index (χ2n) is 5.06. The summed E-state index contributed by atoms with van der Waals surface area (Å²) in [6.07, 6.45) is -0.281. The van der Waals surface area contributed by atoms with E-state index in [4.69, 9.17) is 13.7 Å². The summed E-state index contributed by atoms with van der Waals surface area (Å²) in [6.45, 7) is -5.52. The van der Waals surface area contributed by atoms with Crippen molar-refractivity contribution in [2.45, 2.75) is 41.3 Å². The molecule has 0 N–H and O–H groups in total. The van der Waals surface area contributed by atoms with E-state index in [1.807, 2.05) is 0 Å². The van der Waals surface area contributed by atoms with Crippen LogP contribution in [0.5, 0.6) is 0 Å². The molecule has 26 heavy (non-hydrogen) atoms. The molecule has 10 nitrogen and oxygen atoms in total. The maximum atomic E-state index is 12.0. The van der Waals surface area contributed by atoms with Crippen molar-refractivity contribution in [3.63, 3.8) is 0 Å². The molecule has 0 aromatic carbocycles. The van der Waals surface area contributed by atoms with Crippen molar-refractivity contribution in [2.75, 3.05) is 0 Å². The summed E-state index contributed by atoms with van der Waals surface area (Å²) in [5.41, 5.74) is -4.78. The zero-order valence-corrected chi connectivity index (χ0v) is 13.8. The molecule has 0 saturated heterocycles. The molecular weight excluding hydrogens is 344 g/mol. The van der Waals surface area contributed by atoms with E-state index in [1.54, 1.807) is 20.8 Å². The molecule has 0 fully saturated rings. The third-order valence-corrected chi connectivity index (χ3v) is 3.40. The highest BCUT2D eigenvalue weighted by atomic mass is 16.6. The Morgan fingerprint density at radius 2 is 1.46 bits per heavy atom. The van der Waals surface area contributed by atoms with Crippen LogP contribution in [-0.4, -0.2) is 9.85 Å². The molecule has 0 saturated carbocycles. The lowest BCUT2D eigenvalue weighted by atomic mass is 10.1. The zero-order chi connectivity index (χ0) is 28.7. The number of rotatable bonds is 2. The molecule has 0 spiro atoms. The van der Waals surface area contributed by atoms with Crippen molar-refractivity contribution in [3.8, 4) is 0 Å². The summed E-state index contributed by atoms with van der Waals surface area (Å²) < 4.78 is 72.5. The Balaban J connectivity index is 0.000000420.